The molecule has 22 heavy (non-hydrogen) atoms. The van der Waals surface area contributed by atoms with Gasteiger partial charge in [-0.05, 0) is 53.2 Å². The van der Waals surface area contributed by atoms with E-state index in [0.29, 0.717) is 11.3 Å². The van der Waals surface area contributed by atoms with E-state index in [1.807, 2.05) is 31.2 Å². The van der Waals surface area contributed by atoms with Gasteiger partial charge in [-0.2, -0.15) is 4.68 Å². The molecule has 0 saturated carbocycles. The van der Waals surface area contributed by atoms with Crippen LogP contribution in [0.3, 0.4) is 0 Å². The van der Waals surface area contributed by atoms with E-state index in [9.17, 15) is 4.79 Å². The largest absolute Gasteiger partial charge is 0.322 e. The van der Waals surface area contributed by atoms with Gasteiger partial charge in [0.15, 0.2) is 0 Å². The molecule has 0 radical (unpaired) electrons. The minimum atomic E-state index is -0.215. The number of carbonyl (C=O) groups excluding carboxylic acids is 1. The molecule has 1 amide bonds. The number of halogens is 1. The minimum Gasteiger partial charge on any atom is -0.322 e. The Balaban J connectivity index is 1.91. The van der Waals surface area contributed by atoms with Crippen molar-refractivity contribution >= 4 is 27.5 Å². The zero-order valence-electron chi connectivity index (χ0n) is 11.7. The molecule has 0 atom stereocenters. The van der Waals surface area contributed by atoms with Crippen molar-refractivity contribution in [3.63, 3.8) is 0 Å². The van der Waals surface area contributed by atoms with Gasteiger partial charge in [-0.1, -0.05) is 28.1 Å². The number of aromatic nitrogens is 4. The van der Waals surface area contributed by atoms with E-state index in [1.165, 1.54) is 11.0 Å². The fourth-order valence-electron chi connectivity index (χ4n) is 2.06. The van der Waals surface area contributed by atoms with E-state index >= 15 is 0 Å². The second-order valence-electron chi connectivity index (χ2n) is 4.69. The first kappa shape index (κ1) is 14.4. The van der Waals surface area contributed by atoms with E-state index in [-0.39, 0.29) is 5.91 Å². The Morgan fingerprint density at radius 1 is 1.23 bits per heavy atom. The Hall–Kier alpha value is -2.54. The zero-order valence-corrected chi connectivity index (χ0v) is 13.3. The van der Waals surface area contributed by atoms with Gasteiger partial charge in [0.1, 0.15) is 6.33 Å². The van der Waals surface area contributed by atoms with Crippen LogP contribution in [-0.2, 0) is 0 Å². The van der Waals surface area contributed by atoms with Crippen LogP contribution in [0.25, 0.3) is 5.69 Å². The molecule has 0 bridgehead atoms. The summed E-state index contributed by atoms with van der Waals surface area (Å²) < 4.78 is 2.46. The molecule has 0 aliphatic rings. The Bertz CT molecular complexity index is 817. The Labute approximate surface area is 135 Å². The predicted molar refractivity (Wildman–Crippen MR) is 86.0 cm³/mol. The Morgan fingerprint density at radius 3 is 2.77 bits per heavy atom. The monoisotopic (exact) mass is 357 g/mol. The summed E-state index contributed by atoms with van der Waals surface area (Å²) in [5.41, 5.74) is 2.90. The summed E-state index contributed by atoms with van der Waals surface area (Å²) >= 11 is 3.44. The van der Waals surface area contributed by atoms with Crippen molar-refractivity contribution in [3.05, 3.63) is 64.4 Å². The maximum absolute atomic E-state index is 12.5. The van der Waals surface area contributed by atoms with Crippen molar-refractivity contribution < 1.29 is 4.79 Å². The average Bonchev–Trinajstić information content (AvgIpc) is 3.05. The molecule has 3 aromatic rings. The SMILES string of the molecule is Cc1cc(NC(=O)c2ccccc2-n2cnnn2)ccc1Br. The van der Waals surface area contributed by atoms with Gasteiger partial charge in [0.05, 0.1) is 11.3 Å². The van der Waals surface area contributed by atoms with E-state index in [2.05, 4.69) is 36.8 Å². The van der Waals surface area contributed by atoms with Crippen LogP contribution in [0.1, 0.15) is 15.9 Å². The first-order valence-corrected chi connectivity index (χ1v) is 7.34. The highest BCUT2D eigenvalue weighted by atomic mass is 79.9. The van der Waals surface area contributed by atoms with Gasteiger partial charge in [-0.15, -0.1) is 5.10 Å². The van der Waals surface area contributed by atoms with Gasteiger partial charge < -0.3 is 5.32 Å². The van der Waals surface area contributed by atoms with Crippen LogP contribution in [-0.4, -0.2) is 26.1 Å². The normalized spacial score (nSPS) is 10.5. The first-order valence-electron chi connectivity index (χ1n) is 6.55. The van der Waals surface area contributed by atoms with Gasteiger partial charge in [-0.3, -0.25) is 4.79 Å². The summed E-state index contributed by atoms with van der Waals surface area (Å²) in [6.45, 7) is 1.97. The number of nitrogens with zero attached hydrogens (tertiary/aromatic N) is 4. The highest BCUT2D eigenvalue weighted by Gasteiger charge is 2.13. The number of amides is 1. The fourth-order valence-corrected chi connectivity index (χ4v) is 2.30. The van der Waals surface area contributed by atoms with Crippen molar-refractivity contribution in [1.82, 2.24) is 20.2 Å². The summed E-state index contributed by atoms with van der Waals surface area (Å²) in [4.78, 5) is 12.5. The molecular weight excluding hydrogens is 346 g/mol. The lowest BCUT2D eigenvalue weighted by molar-refractivity contribution is 0.102. The molecule has 0 saturated heterocycles. The van der Waals surface area contributed by atoms with Crippen LogP contribution in [0, 0.1) is 6.92 Å². The van der Waals surface area contributed by atoms with Crippen molar-refractivity contribution in [3.8, 4) is 5.69 Å². The summed E-state index contributed by atoms with van der Waals surface area (Å²) in [5.74, 6) is -0.215. The quantitative estimate of drug-likeness (QED) is 0.781. The second-order valence-corrected chi connectivity index (χ2v) is 5.54. The van der Waals surface area contributed by atoms with E-state index < -0.39 is 0 Å². The van der Waals surface area contributed by atoms with E-state index in [4.69, 9.17) is 0 Å². The average molecular weight is 358 g/mol. The number of para-hydroxylation sites is 1. The number of anilines is 1. The lowest BCUT2D eigenvalue weighted by Crippen LogP contribution is -2.15. The summed E-state index contributed by atoms with van der Waals surface area (Å²) in [6.07, 6.45) is 1.45. The molecule has 0 aliphatic heterocycles. The van der Waals surface area contributed by atoms with E-state index in [0.717, 1.165) is 15.7 Å². The van der Waals surface area contributed by atoms with Crippen molar-refractivity contribution in [2.45, 2.75) is 6.92 Å². The lowest BCUT2D eigenvalue weighted by atomic mass is 10.1. The first-order chi connectivity index (χ1) is 10.6. The Morgan fingerprint density at radius 2 is 2.05 bits per heavy atom. The zero-order chi connectivity index (χ0) is 15.5. The van der Waals surface area contributed by atoms with Crippen molar-refractivity contribution in [1.29, 1.82) is 0 Å². The molecule has 0 spiro atoms. The number of carbonyl (C=O) groups is 1. The van der Waals surface area contributed by atoms with Crippen LogP contribution in [0.15, 0.2) is 53.3 Å². The number of benzene rings is 2. The standard InChI is InChI=1S/C15H12BrN5O/c1-10-8-11(6-7-13(10)16)18-15(22)12-4-2-3-5-14(12)21-9-17-19-20-21/h2-9H,1H3,(H,18,22). The maximum atomic E-state index is 12.5. The van der Waals surface area contributed by atoms with Gasteiger partial charge in [0, 0.05) is 10.2 Å². The number of hydrogen-bond donors (Lipinski definition) is 1. The van der Waals surface area contributed by atoms with E-state index in [1.54, 1.807) is 18.2 Å². The fraction of sp³-hybridized carbons (Fsp3) is 0.0667. The van der Waals surface area contributed by atoms with Gasteiger partial charge in [0.25, 0.3) is 5.91 Å². The summed E-state index contributed by atoms with van der Waals surface area (Å²) in [5, 5.41) is 13.9. The van der Waals surface area contributed by atoms with Crippen LogP contribution >= 0.6 is 15.9 Å². The number of nitrogens with one attached hydrogen (secondary N) is 1. The maximum Gasteiger partial charge on any atom is 0.257 e. The molecule has 110 valence electrons. The molecule has 3 rings (SSSR count). The molecule has 0 aliphatic carbocycles. The molecule has 1 heterocycles. The van der Waals surface area contributed by atoms with Crippen molar-refractivity contribution in [2.24, 2.45) is 0 Å². The van der Waals surface area contributed by atoms with Crippen LogP contribution in [0.2, 0.25) is 0 Å². The molecule has 7 heteroatoms. The molecule has 1 aromatic heterocycles. The minimum absolute atomic E-state index is 0.215. The van der Waals surface area contributed by atoms with Crippen LogP contribution < -0.4 is 5.32 Å². The molecule has 1 N–H and O–H groups in total. The lowest BCUT2D eigenvalue weighted by Gasteiger charge is -2.10. The number of aryl methyl sites for hydroxylation is 1. The third-order valence-electron chi connectivity index (χ3n) is 3.16. The number of rotatable bonds is 3. The number of hydrogen-bond acceptors (Lipinski definition) is 4. The third-order valence-corrected chi connectivity index (χ3v) is 4.05. The summed E-state index contributed by atoms with van der Waals surface area (Å²) in [6, 6.07) is 12.8. The summed E-state index contributed by atoms with van der Waals surface area (Å²) in [7, 11) is 0. The Kier molecular flexibility index (Phi) is 3.97. The van der Waals surface area contributed by atoms with Crippen LogP contribution in [0.4, 0.5) is 5.69 Å². The number of tetrazole rings is 1. The highest BCUT2D eigenvalue weighted by Crippen LogP contribution is 2.21. The third kappa shape index (κ3) is 2.89. The molecule has 6 nitrogen and oxygen atoms in total. The molecular formula is C15H12BrN5O. The highest BCUT2D eigenvalue weighted by molar-refractivity contribution is 9.10. The topological polar surface area (TPSA) is 72.7 Å². The molecule has 2 aromatic carbocycles. The smallest absolute Gasteiger partial charge is 0.257 e. The van der Waals surface area contributed by atoms with Gasteiger partial charge in [-0.25, -0.2) is 0 Å². The molecule has 0 unspecified atom stereocenters. The predicted octanol–water partition coefficient (Wildman–Crippen LogP) is 2.99. The second kappa shape index (κ2) is 6.07. The van der Waals surface area contributed by atoms with Crippen LogP contribution in [0.5, 0.6) is 0 Å². The van der Waals surface area contributed by atoms with Crippen molar-refractivity contribution in [2.75, 3.05) is 5.32 Å². The van der Waals surface area contributed by atoms with Gasteiger partial charge >= 0.3 is 0 Å². The molecule has 0 fully saturated rings. The van der Waals surface area contributed by atoms with Gasteiger partial charge in [0.2, 0.25) is 0 Å².